The first kappa shape index (κ1) is 17.1. The first-order chi connectivity index (χ1) is 13.8. The number of anilines is 1. The van der Waals surface area contributed by atoms with E-state index in [0.29, 0.717) is 6.42 Å². The van der Waals surface area contributed by atoms with Gasteiger partial charge < -0.3 is 5.32 Å². The SMILES string of the molecule is O=C(CCc1ccccc1)Nc1c2c(nn1-c1nc3ccccc3s1)CCC2. The number of aryl methyl sites for hydroxylation is 2. The number of rotatable bonds is 5. The monoisotopic (exact) mass is 388 g/mol. The second kappa shape index (κ2) is 7.20. The lowest BCUT2D eigenvalue weighted by molar-refractivity contribution is -0.116. The number of hydrogen-bond donors (Lipinski definition) is 1. The van der Waals surface area contributed by atoms with Crippen LogP contribution >= 0.6 is 11.3 Å². The molecule has 28 heavy (non-hydrogen) atoms. The zero-order valence-corrected chi connectivity index (χ0v) is 16.2. The first-order valence-electron chi connectivity index (χ1n) is 9.58. The van der Waals surface area contributed by atoms with Crippen molar-refractivity contribution in [3.05, 3.63) is 71.4 Å². The van der Waals surface area contributed by atoms with Crippen molar-refractivity contribution < 1.29 is 4.79 Å². The van der Waals surface area contributed by atoms with E-state index in [-0.39, 0.29) is 5.91 Å². The second-order valence-corrected chi connectivity index (χ2v) is 8.05. The van der Waals surface area contributed by atoms with Crippen LogP contribution in [0.1, 0.15) is 29.7 Å². The number of carbonyl (C=O) groups excluding carboxylic acids is 1. The standard InChI is InChI=1S/C22H20N4OS/c27-20(14-13-15-7-2-1-3-8-15)24-21-16-9-6-11-17(16)25-26(21)22-23-18-10-4-5-12-19(18)28-22/h1-5,7-8,10,12H,6,9,11,13-14H2,(H,24,27). The van der Waals surface area contributed by atoms with Crippen molar-refractivity contribution in [3.63, 3.8) is 0 Å². The smallest absolute Gasteiger partial charge is 0.225 e. The number of nitrogens with one attached hydrogen (secondary N) is 1. The van der Waals surface area contributed by atoms with Crippen LogP contribution < -0.4 is 5.32 Å². The zero-order valence-electron chi connectivity index (χ0n) is 15.4. The third kappa shape index (κ3) is 3.20. The molecule has 0 bridgehead atoms. The Hall–Kier alpha value is -2.99. The molecule has 0 unspecified atom stereocenters. The fraction of sp³-hybridized carbons (Fsp3) is 0.227. The molecule has 0 atom stereocenters. The molecule has 5 rings (SSSR count). The highest BCUT2D eigenvalue weighted by Gasteiger charge is 2.25. The van der Waals surface area contributed by atoms with Crippen molar-refractivity contribution in [1.29, 1.82) is 0 Å². The molecule has 6 heteroatoms. The quantitative estimate of drug-likeness (QED) is 0.546. The van der Waals surface area contributed by atoms with Crippen LogP contribution in [0, 0.1) is 0 Å². The van der Waals surface area contributed by atoms with Gasteiger partial charge in [0.2, 0.25) is 11.0 Å². The van der Waals surface area contributed by atoms with Gasteiger partial charge in [-0.2, -0.15) is 9.78 Å². The summed E-state index contributed by atoms with van der Waals surface area (Å²) < 4.78 is 2.95. The molecule has 0 saturated heterocycles. The maximum absolute atomic E-state index is 12.7. The molecule has 140 valence electrons. The molecule has 0 saturated carbocycles. The highest BCUT2D eigenvalue weighted by Crippen LogP contribution is 2.33. The van der Waals surface area contributed by atoms with Crippen LogP contribution in [0.4, 0.5) is 5.82 Å². The Morgan fingerprint density at radius 2 is 1.89 bits per heavy atom. The number of amides is 1. The van der Waals surface area contributed by atoms with Gasteiger partial charge in [0.15, 0.2) is 0 Å². The van der Waals surface area contributed by atoms with Gasteiger partial charge in [-0.25, -0.2) is 4.98 Å². The van der Waals surface area contributed by atoms with Crippen LogP contribution in [0.25, 0.3) is 15.3 Å². The predicted octanol–water partition coefficient (Wildman–Crippen LogP) is 4.54. The Labute approximate surface area is 167 Å². The molecule has 1 N–H and O–H groups in total. The van der Waals surface area contributed by atoms with Gasteiger partial charge in [0.25, 0.3) is 0 Å². The van der Waals surface area contributed by atoms with Crippen molar-refractivity contribution in [2.75, 3.05) is 5.32 Å². The van der Waals surface area contributed by atoms with Crippen molar-refractivity contribution in [1.82, 2.24) is 14.8 Å². The van der Waals surface area contributed by atoms with Crippen molar-refractivity contribution >= 4 is 33.3 Å². The molecular weight excluding hydrogens is 368 g/mol. The number of nitrogens with zero attached hydrogens (tertiary/aromatic N) is 3. The van der Waals surface area contributed by atoms with Crippen LogP contribution in [-0.4, -0.2) is 20.7 Å². The fourth-order valence-electron chi connectivity index (χ4n) is 3.71. The third-order valence-corrected chi connectivity index (χ3v) is 6.12. The molecule has 0 radical (unpaired) electrons. The van der Waals surface area contributed by atoms with Crippen LogP contribution in [0.3, 0.4) is 0 Å². The Bertz CT molecular complexity index is 1110. The minimum absolute atomic E-state index is 0.0146. The van der Waals surface area contributed by atoms with Gasteiger partial charge >= 0.3 is 0 Å². The highest BCUT2D eigenvalue weighted by atomic mass is 32.1. The Balaban J connectivity index is 1.43. The van der Waals surface area contributed by atoms with E-state index in [0.717, 1.165) is 58.1 Å². The summed E-state index contributed by atoms with van der Waals surface area (Å²) in [7, 11) is 0. The molecule has 0 aliphatic heterocycles. The summed E-state index contributed by atoms with van der Waals surface area (Å²) in [4.78, 5) is 17.4. The van der Waals surface area contributed by atoms with Crippen LogP contribution in [0.5, 0.6) is 0 Å². The fourth-order valence-corrected chi connectivity index (χ4v) is 4.63. The van der Waals surface area contributed by atoms with E-state index in [2.05, 4.69) is 23.5 Å². The third-order valence-electron chi connectivity index (χ3n) is 5.11. The average Bonchev–Trinajstić information content (AvgIpc) is 3.42. The largest absolute Gasteiger partial charge is 0.310 e. The average molecular weight is 388 g/mol. The molecule has 2 aromatic heterocycles. The topological polar surface area (TPSA) is 59.8 Å². The van der Waals surface area contributed by atoms with Gasteiger partial charge in [-0.3, -0.25) is 4.79 Å². The van der Waals surface area contributed by atoms with E-state index in [1.54, 1.807) is 11.3 Å². The maximum atomic E-state index is 12.7. The number of hydrogen-bond acceptors (Lipinski definition) is 4. The van der Waals surface area contributed by atoms with Crippen LogP contribution in [0.2, 0.25) is 0 Å². The van der Waals surface area contributed by atoms with Gasteiger partial charge in [0.1, 0.15) is 5.82 Å². The molecule has 1 aliphatic rings. The van der Waals surface area contributed by atoms with E-state index >= 15 is 0 Å². The number of carbonyl (C=O) groups is 1. The summed E-state index contributed by atoms with van der Waals surface area (Å²) in [5.41, 5.74) is 4.37. The normalized spacial score (nSPS) is 13.0. The highest BCUT2D eigenvalue weighted by molar-refractivity contribution is 7.20. The molecule has 5 nitrogen and oxygen atoms in total. The van der Waals surface area contributed by atoms with Crippen molar-refractivity contribution in [2.45, 2.75) is 32.1 Å². The maximum Gasteiger partial charge on any atom is 0.225 e. The van der Waals surface area contributed by atoms with Crippen LogP contribution in [0.15, 0.2) is 54.6 Å². The van der Waals surface area contributed by atoms with Gasteiger partial charge in [0, 0.05) is 12.0 Å². The van der Waals surface area contributed by atoms with E-state index in [1.807, 2.05) is 41.1 Å². The number of fused-ring (bicyclic) bond motifs is 2. The molecule has 4 aromatic rings. The Kier molecular flexibility index (Phi) is 4.41. The first-order valence-corrected chi connectivity index (χ1v) is 10.4. The van der Waals surface area contributed by atoms with Gasteiger partial charge in [-0.1, -0.05) is 53.8 Å². The van der Waals surface area contributed by atoms with Gasteiger partial charge in [0.05, 0.1) is 15.9 Å². The molecule has 1 amide bonds. The van der Waals surface area contributed by atoms with Gasteiger partial charge in [-0.05, 0) is 43.4 Å². The zero-order chi connectivity index (χ0) is 18.9. The Morgan fingerprint density at radius 1 is 1.07 bits per heavy atom. The second-order valence-electron chi connectivity index (χ2n) is 7.04. The minimum Gasteiger partial charge on any atom is -0.310 e. The lowest BCUT2D eigenvalue weighted by atomic mass is 10.1. The van der Waals surface area contributed by atoms with E-state index in [1.165, 1.54) is 5.56 Å². The van der Waals surface area contributed by atoms with E-state index in [9.17, 15) is 4.79 Å². The molecular formula is C22H20N4OS. The summed E-state index contributed by atoms with van der Waals surface area (Å²) in [6, 6.07) is 18.2. The Morgan fingerprint density at radius 3 is 2.75 bits per heavy atom. The summed E-state index contributed by atoms with van der Waals surface area (Å²) in [5.74, 6) is 0.811. The number of aromatic nitrogens is 3. The molecule has 0 fully saturated rings. The lowest BCUT2D eigenvalue weighted by Crippen LogP contribution is -2.16. The lowest BCUT2D eigenvalue weighted by Gasteiger charge is -2.09. The summed E-state index contributed by atoms with van der Waals surface area (Å²) >= 11 is 1.60. The summed E-state index contributed by atoms with van der Waals surface area (Å²) in [6.45, 7) is 0. The van der Waals surface area contributed by atoms with E-state index < -0.39 is 0 Å². The number of benzene rings is 2. The summed E-state index contributed by atoms with van der Waals surface area (Å²) in [5, 5.41) is 8.71. The molecule has 2 heterocycles. The van der Waals surface area contributed by atoms with Crippen molar-refractivity contribution in [2.24, 2.45) is 0 Å². The van der Waals surface area contributed by atoms with Gasteiger partial charge in [-0.15, -0.1) is 0 Å². The number of thiazole rings is 1. The molecule has 1 aliphatic carbocycles. The van der Waals surface area contributed by atoms with Crippen molar-refractivity contribution in [3.8, 4) is 5.13 Å². The molecule has 0 spiro atoms. The summed E-state index contributed by atoms with van der Waals surface area (Å²) in [6.07, 6.45) is 4.17. The van der Waals surface area contributed by atoms with Crippen LogP contribution in [-0.2, 0) is 24.1 Å². The predicted molar refractivity (Wildman–Crippen MR) is 112 cm³/mol. The number of para-hydroxylation sites is 1. The molecule has 2 aromatic carbocycles. The van der Waals surface area contributed by atoms with E-state index in [4.69, 9.17) is 10.1 Å². The minimum atomic E-state index is 0.0146.